The molecule has 4 nitrogen and oxygen atoms in total. The van der Waals surface area contributed by atoms with Crippen molar-refractivity contribution in [2.75, 3.05) is 11.4 Å². The average Bonchev–Trinajstić information content (AvgIpc) is 2.99. The second-order valence-electron chi connectivity index (χ2n) is 5.76. The Morgan fingerprint density at radius 2 is 2.00 bits per heavy atom. The van der Waals surface area contributed by atoms with Crippen LogP contribution in [-0.4, -0.2) is 18.4 Å². The summed E-state index contributed by atoms with van der Waals surface area (Å²) in [7, 11) is 0. The van der Waals surface area contributed by atoms with Crippen molar-refractivity contribution in [1.29, 1.82) is 0 Å². The van der Waals surface area contributed by atoms with Gasteiger partial charge < -0.3 is 9.64 Å². The van der Waals surface area contributed by atoms with Crippen molar-refractivity contribution < 1.29 is 14.3 Å². The molecular weight excluding hydrogens is 290 g/mol. The molecule has 0 radical (unpaired) electrons. The highest BCUT2D eigenvalue weighted by Gasteiger charge is 2.22. The minimum Gasteiger partial charge on any atom is -0.457 e. The normalized spacial score (nSPS) is 14.1. The molecule has 0 N–H and O–H groups in total. The van der Waals surface area contributed by atoms with Gasteiger partial charge in [0.25, 0.3) is 0 Å². The smallest absolute Gasteiger partial charge is 0.338 e. The minimum absolute atomic E-state index is 0.107. The van der Waals surface area contributed by atoms with Crippen molar-refractivity contribution in [3.8, 4) is 0 Å². The maximum atomic E-state index is 12.2. The maximum Gasteiger partial charge on any atom is 0.338 e. The van der Waals surface area contributed by atoms with Crippen LogP contribution in [0.5, 0.6) is 0 Å². The van der Waals surface area contributed by atoms with Gasteiger partial charge in [0, 0.05) is 18.7 Å². The SMILES string of the molecule is Cc1cccc(COC(=O)c2cccc(N3CCCC3=O)c2)c1. The molecule has 0 saturated carbocycles. The molecule has 1 heterocycles. The van der Waals surface area contributed by atoms with Crippen LogP contribution in [0.1, 0.15) is 34.3 Å². The van der Waals surface area contributed by atoms with Crippen molar-refractivity contribution in [2.45, 2.75) is 26.4 Å². The highest BCUT2D eigenvalue weighted by Crippen LogP contribution is 2.22. The summed E-state index contributed by atoms with van der Waals surface area (Å²) in [6.07, 6.45) is 1.43. The molecule has 118 valence electrons. The Bertz CT molecular complexity index is 739. The molecule has 1 amide bonds. The van der Waals surface area contributed by atoms with Crippen LogP contribution >= 0.6 is 0 Å². The summed E-state index contributed by atoms with van der Waals surface area (Å²) in [6.45, 7) is 2.95. The number of aryl methyl sites for hydroxylation is 1. The second kappa shape index (κ2) is 6.65. The van der Waals surface area contributed by atoms with E-state index in [-0.39, 0.29) is 18.5 Å². The predicted octanol–water partition coefficient (Wildman–Crippen LogP) is 3.48. The zero-order valence-electron chi connectivity index (χ0n) is 13.1. The van der Waals surface area contributed by atoms with E-state index in [1.165, 1.54) is 0 Å². The number of amides is 1. The molecule has 4 heteroatoms. The van der Waals surface area contributed by atoms with Crippen LogP contribution in [0.25, 0.3) is 0 Å². The lowest BCUT2D eigenvalue weighted by molar-refractivity contribution is -0.117. The van der Waals surface area contributed by atoms with Crippen LogP contribution < -0.4 is 4.90 Å². The first-order chi connectivity index (χ1) is 11.1. The Morgan fingerprint density at radius 3 is 2.74 bits per heavy atom. The largest absolute Gasteiger partial charge is 0.457 e. The third-order valence-corrected chi connectivity index (χ3v) is 3.92. The molecule has 23 heavy (non-hydrogen) atoms. The number of benzene rings is 2. The van der Waals surface area contributed by atoms with Crippen molar-refractivity contribution in [1.82, 2.24) is 0 Å². The van der Waals surface area contributed by atoms with Crippen LogP contribution in [0.2, 0.25) is 0 Å². The van der Waals surface area contributed by atoms with E-state index in [4.69, 9.17) is 4.74 Å². The van der Waals surface area contributed by atoms with Crippen LogP contribution in [0.15, 0.2) is 48.5 Å². The molecule has 0 spiro atoms. The van der Waals surface area contributed by atoms with Crippen LogP contribution in [0, 0.1) is 6.92 Å². The number of rotatable bonds is 4. The summed E-state index contributed by atoms with van der Waals surface area (Å²) in [5.74, 6) is -0.268. The zero-order chi connectivity index (χ0) is 16.2. The number of anilines is 1. The molecule has 0 aromatic heterocycles. The van der Waals surface area contributed by atoms with E-state index < -0.39 is 0 Å². The number of hydrogen-bond donors (Lipinski definition) is 0. The highest BCUT2D eigenvalue weighted by atomic mass is 16.5. The Labute approximate surface area is 135 Å². The summed E-state index contributed by atoms with van der Waals surface area (Å²) in [5, 5.41) is 0. The van der Waals surface area contributed by atoms with Crippen LogP contribution in [0.4, 0.5) is 5.69 Å². The molecule has 0 aliphatic carbocycles. The third-order valence-electron chi connectivity index (χ3n) is 3.92. The number of ether oxygens (including phenoxy) is 1. The number of nitrogens with zero attached hydrogens (tertiary/aromatic N) is 1. The van der Waals surface area contributed by atoms with Gasteiger partial charge >= 0.3 is 5.97 Å². The van der Waals surface area contributed by atoms with E-state index in [0.29, 0.717) is 18.5 Å². The summed E-state index contributed by atoms with van der Waals surface area (Å²) in [6, 6.07) is 14.9. The average molecular weight is 309 g/mol. The van der Waals surface area contributed by atoms with E-state index in [1.54, 1.807) is 23.1 Å². The lowest BCUT2D eigenvalue weighted by Gasteiger charge is -2.16. The van der Waals surface area contributed by atoms with E-state index in [1.807, 2.05) is 37.3 Å². The van der Waals surface area contributed by atoms with Gasteiger partial charge in [-0.05, 0) is 37.1 Å². The fraction of sp³-hybridized carbons (Fsp3) is 0.263. The number of hydrogen-bond acceptors (Lipinski definition) is 3. The van der Waals surface area contributed by atoms with Crippen molar-refractivity contribution >= 4 is 17.6 Å². The molecular formula is C19H19NO3. The molecule has 1 aliphatic heterocycles. The van der Waals surface area contributed by atoms with E-state index >= 15 is 0 Å². The summed E-state index contributed by atoms with van der Waals surface area (Å²) in [5.41, 5.74) is 3.32. The van der Waals surface area contributed by atoms with Gasteiger partial charge in [-0.2, -0.15) is 0 Å². The first-order valence-electron chi connectivity index (χ1n) is 7.76. The van der Waals surface area contributed by atoms with Crippen molar-refractivity contribution in [3.63, 3.8) is 0 Å². The van der Waals surface area contributed by atoms with E-state index in [2.05, 4.69) is 0 Å². The Balaban J connectivity index is 1.69. The first kappa shape index (κ1) is 15.3. The molecule has 1 aliphatic rings. The van der Waals surface area contributed by atoms with E-state index in [0.717, 1.165) is 23.2 Å². The van der Waals surface area contributed by atoms with Gasteiger partial charge in [0.1, 0.15) is 6.61 Å². The molecule has 3 rings (SSSR count). The highest BCUT2D eigenvalue weighted by molar-refractivity contribution is 5.97. The molecule has 0 atom stereocenters. The Kier molecular flexibility index (Phi) is 4.42. The topological polar surface area (TPSA) is 46.6 Å². The second-order valence-corrected chi connectivity index (χ2v) is 5.76. The van der Waals surface area contributed by atoms with Gasteiger partial charge in [0.15, 0.2) is 0 Å². The summed E-state index contributed by atoms with van der Waals surface area (Å²) < 4.78 is 5.37. The third kappa shape index (κ3) is 3.59. The number of carbonyl (C=O) groups excluding carboxylic acids is 2. The quantitative estimate of drug-likeness (QED) is 0.812. The van der Waals surface area contributed by atoms with Gasteiger partial charge in [-0.25, -0.2) is 4.79 Å². The van der Waals surface area contributed by atoms with Gasteiger partial charge in [-0.3, -0.25) is 4.79 Å². The Morgan fingerprint density at radius 1 is 1.17 bits per heavy atom. The van der Waals surface area contributed by atoms with E-state index in [9.17, 15) is 9.59 Å². The fourth-order valence-corrected chi connectivity index (χ4v) is 2.76. The standard InChI is InChI=1S/C19H19NO3/c1-14-5-2-6-15(11-14)13-23-19(22)16-7-3-8-17(12-16)20-10-4-9-18(20)21/h2-3,5-8,11-12H,4,9-10,13H2,1H3. The van der Waals surface area contributed by atoms with Gasteiger partial charge in [0.2, 0.25) is 5.91 Å². The van der Waals surface area contributed by atoms with Crippen LogP contribution in [0.3, 0.4) is 0 Å². The molecule has 2 aromatic rings. The minimum atomic E-state index is -0.375. The van der Waals surface area contributed by atoms with Crippen molar-refractivity contribution in [2.24, 2.45) is 0 Å². The lowest BCUT2D eigenvalue weighted by Crippen LogP contribution is -2.23. The molecule has 1 fully saturated rings. The molecule has 2 aromatic carbocycles. The fourth-order valence-electron chi connectivity index (χ4n) is 2.76. The first-order valence-corrected chi connectivity index (χ1v) is 7.76. The predicted molar refractivity (Wildman–Crippen MR) is 88.3 cm³/mol. The van der Waals surface area contributed by atoms with Crippen molar-refractivity contribution in [3.05, 3.63) is 65.2 Å². The number of esters is 1. The molecule has 0 unspecified atom stereocenters. The summed E-state index contributed by atoms with van der Waals surface area (Å²) in [4.78, 5) is 25.8. The summed E-state index contributed by atoms with van der Waals surface area (Å²) >= 11 is 0. The van der Waals surface area contributed by atoms with Gasteiger partial charge in [0.05, 0.1) is 5.56 Å². The number of carbonyl (C=O) groups is 2. The Hall–Kier alpha value is -2.62. The maximum absolute atomic E-state index is 12.2. The van der Waals surface area contributed by atoms with Crippen LogP contribution in [-0.2, 0) is 16.1 Å². The van der Waals surface area contributed by atoms with Gasteiger partial charge in [-0.1, -0.05) is 35.9 Å². The lowest BCUT2D eigenvalue weighted by atomic mass is 10.1. The zero-order valence-corrected chi connectivity index (χ0v) is 13.1. The monoisotopic (exact) mass is 309 g/mol. The van der Waals surface area contributed by atoms with Gasteiger partial charge in [-0.15, -0.1) is 0 Å². The molecule has 1 saturated heterocycles. The molecule has 0 bridgehead atoms.